The van der Waals surface area contributed by atoms with E-state index in [9.17, 15) is 0 Å². The minimum atomic E-state index is -1.49. The molecule has 86 valence electrons. The maximum Gasteiger partial charge on any atom is 1.00 e. The van der Waals surface area contributed by atoms with E-state index in [1.54, 1.807) is 0 Å². The minimum Gasteiger partial charge on any atom is -0.419 e. The molecule has 1 nitrogen and oxygen atoms in total. The van der Waals surface area contributed by atoms with Crippen LogP contribution in [0.25, 0.3) is 0 Å². The van der Waals surface area contributed by atoms with Gasteiger partial charge in [-0.05, 0) is 24.6 Å². The van der Waals surface area contributed by atoms with Crippen molar-refractivity contribution in [2.24, 2.45) is 10.8 Å². The van der Waals surface area contributed by atoms with Crippen LogP contribution in [-0.4, -0.2) is 14.9 Å². The molecule has 0 aromatic carbocycles. The van der Waals surface area contributed by atoms with E-state index in [1.807, 2.05) is 0 Å². The Labute approximate surface area is 110 Å². The van der Waals surface area contributed by atoms with Crippen LogP contribution in [0, 0.1) is 17.8 Å². The van der Waals surface area contributed by atoms with Crippen LogP contribution in [0.3, 0.4) is 0 Å². The van der Waals surface area contributed by atoms with Crippen molar-refractivity contribution in [1.29, 1.82) is 0 Å². The van der Waals surface area contributed by atoms with Crippen molar-refractivity contribution in [3.63, 3.8) is 0 Å². The van der Waals surface area contributed by atoms with Crippen LogP contribution in [0.4, 0.5) is 0 Å². The molecule has 0 heterocycles. The summed E-state index contributed by atoms with van der Waals surface area (Å²) >= 11 is 0. The van der Waals surface area contributed by atoms with Gasteiger partial charge in [0.05, 0.1) is 0 Å². The third kappa shape index (κ3) is 12.7. The molecule has 0 fully saturated rings. The van der Waals surface area contributed by atoms with Gasteiger partial charge >= 0.3 is 18.9 Å². The van der Waals surface area contributed by atoms with Gasteiger partial charge in [0.2, 0.25) is 0 Å². The third-order valence-electron chi connectivity index (χ3n) is 1.81. The summed E-state index contributed by atoms with van der Waals surface area (Å²) in [6, 6.07) is 1.20. The summed E-state index contributed by atoms with van der Waals surface area (Å²) in [5.41, 5.74) is 0.420. The Morgan fingerprint density at radius 1 is 1.07 bits per heavy atom. The monoisotopic (exact) mass is 222 g/mol. The van der Waals surface area contributed by atoms with Gasteiger partial charge in [0.25, 0.3) is 0 Å². The van der Waals surface area contributed by atoms with Crippen molar-refractivity contribution >= 4 is 8.32 Å². The molecule has 3 heteroatoms. The van der Waals surface area contributed by atoms with E-state index in [-0.39, 0.29) is 24.3 Å². The molecule has 0 aromatic heterocycles. The second-order valence-corrected chi connectivity index (χ2v) is 11.1. The molecule has 15 heavy (non-hydrogen) atoms. The molecule has 0 aliphatic heterocycles. The Kier molecular flexibility index (Phi) is 7.15. The predicted octanol–water partition coefficient (Wildman–Crippen LogP) is 1.12. The Balaban J connectivity index is 0. The van der Waals surface area contributed by atoms with Crippen molar-refractivity contribution in [3.8, 4) is 0 Å². The van der Waals surface area contributed by atoms with E-state index < -0.39 is 8.32 Å². The van der Waals surface area contributed by atoms with Gasteiger partial charge in [-0.2, -0.15) is 0 Å². The summed E-state index contributed by atoms with van der Waals surface area (Å²) in [4.78, 5) is 0. The zero-order valence-corrected chi connectivity index (χ0v) is 13.0. The Morgan fingerprint density at radius 2 is 1.47 bits per heavy atom. The van der Waals surface area contributed by atoms with Crippen LogP contribution in [0.5, 0.6) is 0 Å². The molecule has 0 bridgehead atoms. The molecule has 0 rings (SSSR count). The second-order valence-electron chi connectivity index (χ2n) is 6.95. The first kappa shape index (κ1) is 18.1. The fourth-order valence-electron chi connectivity index (χ4n) is 1.72. The topological polar surface area (TPSA) is 9.23 Å². The van der Waals surface area contributed by atoms with E-state index in [4.69, 9.17) is 4.43 Å². The van der Waals surface area contributed by atoms with Crippen LogP contribution in [0.1, 0.15) is 34.6 Å². The summed E-state index contributed by atoms with van der Waals surface area (Å²) < 4.78 is 6.05. The molecular formula is C12H27LiOSi. The van der Waals surface area contributed by atoms with Gasteiger partial charge in [-0.3, -0.25) is 0 Å². The van der Waals surface area contributed by atoms with Gasteiger partial charge < -0.3 is 11.3 Å². The van der Waals surface area contributed by atoms with E-state index in [1.165, 1.54) is 6.04 Å². The molecule has 0 saturated heterocycles. The summed E-state index contributed by atoms with van der Waals surface area (Å²) in [6.07, 6.45) is 0. The first-order valence-electron chi connectivity index (χ1n) is 5.41. The maximum atomic E-state index is 6.05. The molecule has 0 unspecified atom stereocenters. The van der Waals surface area contributed by atoms with Gasteiger partial charge in [0, 0.05) is 6.61 Å². The fraction of sp³-hybridized carbons (Fsp3) is 0.917. The minimum absolute atomic E-state index is 0. The number of rotatable bonds is 4. The Hall–Kier alpha value is 0.774. The standard InChI is InChI=1S/C12H27OSi.Li/c1-11(2,3)9-13-14(7,8)10-12(4,5)6;/h1,9-10H2,2-8H3;/q-1;+1. The van der Waals surface area contributed by atoms with E-state index in [0.29, 0.717) is 5.41 Å². The van der Waals surface area contributed by atoms with E-state index in [2.05, 4.69) is 54.6 Å². The summed E-state index contributed by atoms with van der Waals surface area (Å²) in [7, 11) is -1.49. The van der Waals surface area contributed by atoms with E-state index >= 15 is 0 Å². The zero-order chi connectivity index (χ0) is 11.6. The van der Waals surface area contributed by atoms with Gasteiger partial charge in [-0.25, -0.2) is 0 Å². The smallest absolute Gasteiger partial charge is 0.419 e. The van der Waals surface area contributed by atoms with Crippen LogP contribution in [-0.2, 0) is 4.43 Å². The average Bonchev–Trinajstić information content (AvgIpc) is 1.76. The molecule has 0 amide bonds. The molecule has 0 spiro atoms. The molecular weight excluding hydrogens is 195 g/mol. The van der Waals surface area contributed by atoms with Gasteiger partial charge in [0.1, 0.15) is 0 Å². The molecule has 0 N–H and O–H groups in total. The molecule has 0 saturated carbocycles. The number of hydrogen-bond acceptors (Lipinski definition) is 1. The largest absolute Gasteiger partial charge is 1.00 e. The Morgan fingerprint density at radius 3 is 1.73 bits per heavy atom. The quantitative estimate of drug-likeness (QED) is 0.512. The van der Waals surface area contributed by atoms with Crippen LogP contribution in [0.2, 0.25) is 19.1 Å². The van der Waals surface area contributed by atoms with Crippen molar-refractivity contribution in [2.45, 2.75) is 53.8 Å². The van der Waals surface area contributed by atoms with Crippen LogP contribution >= 0.6 is 0 Å². The van der Waals surface area contributed by atoms with Crippen molar-refractivity contribution in [3.05, 3.63) is 6.92 Å². The van der Waals surface area contributed by atoms with E-state index in [0.717, 1.165) is 6.61 Å². The van der Waals surface area contributed by atoms with Crippen molar-refractivity contribution in [2.75, 3.05) is 6.61 Å². The predicted molar refractivity (Wildman–Crippen MR) is 66.8 cm³/mol. The van der Waals surface area contributed by atoms with Crippen molar-refractivity contribution in [1.82, 2.24) is 0 Å². The van der Waals surface area contributed by atoms with Crippen LogP contribution in [0.15, 0.2) is 0 Å². The zero-order valence-electron chi connectivity index (χ0n) is 12.0. The van der Waals surface area contributed by atoms with Crippen molar-refractivity contribution < 1.29 is 23.3 Å². The summed E-state index contributed by atoms with van der Waals surface area (Å²) in [5.74, 6) is 0. The normalized spacial score (nSPS) is 13.6. The average molecular weight is 222 g/mol. The Bertz CT molecular complexity index is 177. The van der Waals surface area contributed by atoms with Gasteiger partial charge in [-0.1, -0.05) is 34.6 Å². The summed E-state index contributed by atoms with van der Waals surface area (Å²) in [6.45, 7) is 20.5. The van der Waals surface area contributed by atoms with Gasteiger partial charge in [-0.15, -0.1) is 5.41 Å². The van der Waals surface area contributed by atoms with Crippen LogP contribution < -0.4 is 18.9 Å². The number of hydrogen-bond donors (Lipinski definition) is 0. The molecule has 0 radical (unpaired) electrons. The first-order chi connectivity index (χ1) is 5.91. The third-order valence-corrected chi connectivity index (χ3v) is 4.65. The second kappa shape index (κ2) is 5.91. The molecule has 0 aliphatic rings. The van der Waals surface area contributed by atoms with Gasteiger partial charge in [0.15, 0.2) is 8.32 Å². The molecule has 0 atom stereocenters. The fourth-order valence-corrected chi connectivity index (χ4v) is 5.16. The molecule has 0 aliphatic carbocycles. The first-order valence-corrected chi connectivity index (χ1v) is 8.52. The SMILES string of the molecule is [CH2-]C(C)(C)CO[Si](C)(C)CC(C)(C)C.[Li+]. The molecule has 0 aromatic rings. The maximum absolute atomic E-state index is 6.05. The summed E-state index contributed by atoms with van der Waals surface area (Å²) in [5, 5.41) is 0.